The Morgan fingerprint density at radius 2 is 2.12 bits per heavy atom. The van der Waals surface area contributed by atoms with Crippen LogP contribution in [0, 0.1) is 0 Å². The molecule has 0 atom stereocenters. The van der Waals surface area contributed by atoms with E-state index in [-0.39, 0.29) is 4.99 Å². The number of hydrogen-bond acceptors (Lipinski definition) is 4. The molecule has 2 heterocycles. The third-order valence-electron chi connectivity index (χ3n) is 1.90. The second-order valence-electron chi connectivity index (χ2n) is 3.18. The highest BCUT2D eigenvalue weighted by atomic mass is 35.5. The fraction of sp³-hybridized carbons (Fsp3) is 0. The molecule has 0 fully saturated rings. The van der Waals surface area contributed by atoms with Gasteiger partial charge in [0.1, 0.15) is 22.2 Å². The van der Waals surface area contributed by atoms with E-state index in [1.165, 1.54) is 6.20 Å². The summed E-state index contributed by atoms with van der Waals surface area (Å²) in [5, 5.41) is 0.506. The molecular formula is C11H8ClN3OS. The molecule has 0 spiro atoms. The molecule has 2 N–H and O–H groups in total. The summed E-state index contributed by atoms with van der Waals surface area (Å²) in [5.41, 5.74) is 5.99. The zero-order valence-corrected chi connectivity index (χ0v) is 10.2. The standard InChI is InChI=1S/C11H8ClN3OS/c12-7-3-9(6-14-5-7)16-8-1-2-15-10(4-8)11(13)17/h1-6H,(H2,13,17). The molecule has 0 bridgehead atoms. The van der Waals surface area contributed by atoms with Crippen molar-refractivity contribution >= 4 is 28.8 Å². The van der Waals surface area contributed by atoms with Gasteiger partial charge in [-0.25, -0.2) is 0 Å². The van der Waals surface area contributed by atoms with E-state index in [1.54, 1.807) is 30.6 Å². The topological polar surface area (TPSA) is 61.0 Å². The van der Waals surface area contributed by atoms with E-state index < -0.39 is 0 Å². The van der Waals surface area contributed by atoms with E-state index in [0.717, 1.165) is 0 Å². The molecule has 4 nitrogen and oxygen atoms in total. The summed E-state index contributed by atoms with van der Waals surface area (Å²) < 4.78 is 5.55. The Bertz CT molecular complexity index is 562. The van der Waals surface area contributed by atoms with Crippen LogP contribution >= 0.6 is 23.8 Å². The summed E-state index contributed by atoms with van der Waals surface area (Å²) in [5.74, 6) is 1.12. The molecule has 0 saturated heterocycles. The van der Waals surface area contributed by atoms with E-state index in [9.17, 15) is 0 Å². The quantitative estimate of drug-likeness (QED) is 0.865. The summed E-state index contributed by atoms with van der Waals surface area (Å²) in [6, 6.07) is 5.02. The lowest BCUT2D eigenvalue weighted by atomic mass is 10.3. The van der Waals surface area contributed by atoms with Crippen molar-refractivity contribution in [2.45, 2.75) is 0 Å². The number of hydrogen-bond donors (Lipinski definition) is 1. The van der Waals surface area contributed by atoms with E-state index in [0.29, 0.717) is 22.2 Å². The van der Waals surface area contributed by atoms with Crippen molar-refractivity contribution < 1.29 is 4.74 Å². The molecule has 0 amide bonds. The van der Waals surface area contributed by atoms with Gasteiger partial charge in [-0.2, -0.15) is 0 Å². The Kier molecular flexibility index (Phi) is 3.51. The molecule has 0 saturated carbocycles. The van der Waals surface area contributed by atoms with Gasteiger partial charge in [-0.1, -0.05) is 23.8 Å². The van der Waals surface area contributed by atoms with Crippen LogP contribution in [0.3, 0.4) is 0 Å². The minimum absolute atomic E-state index is 0.222. The molecule has 0 unspecified atom stereocenters. The first kappa shape index (κ1) is 11.8. The fourth-order valence-corrected chi connectivity index (χ4v) is 1.47. The number of halogens is 1. The third kappa shape index (κ3) is 3.12. The lowest BCUT2D eigenvalue weighted by Gasteiger charge is -2.06. The van der Waals surface area contributed by atoms with Gasteiger partial charge in [-0.15, -0.1) is 0 Å². The Labute approximate surface area is 108 Å². The zero-order chi connectivity index (χ0) is 12.3. The summed E-state index contributed by atoms with van der Waals surface area (Å²) >= 11 is 10.6. The van der Waals surface area contributed by atoms with Crippen LogP contribution < -0.4 is 10.5 Å². The first-order valence-electron chi connectivity index (χ1n) is 4.69. The predicted octanol–water partition coefficient (Wildman–Crippen LogP) is 2.56. The lowest BCUT2D eigenvalue weighted by molar-refractivity contribution is 0.479. The molecule has 86 valence electrons. The molecule has 2 aromatic heterocycles. The van der Waals surface area contributed by atoms with Crippen LogP contribution in [-0.2, 0) is 0 Å². The highest BCUT2D eigenvalue weighted by Crippen LogP contribution is 2.22. The smallest absolute Gasteiger partial charge is 0.147 e. The van der Waals surface area contributed by atoms with Crippen LogP contribution in [0.25, 0.3) is 0 Å². The third-order valence-corrected chi connectivity index (χ3v) is 2.32. The monoisotopic (exact) mass is 265 g/mol. The number of aromatic nitrogens is 2. The molecule has 0 aromatic carbocycles. The molecule has 2 aromatic rings. The molecule has 6 heteroatoms. The van der Waals surface area contributed by atoms with E-state index in [4.69, 9.17) is 34.3 Å². The second kappa shape index (κ2) is 5.07. The fourth-order valence-electron chi connectivity index (χ4n) is 1.19. The van der Waals surface area contributed by atoms with Crippen molar-refractivity contribution in [1.82, 2.24) is 9.97 Å². The second-order valence-corrected chi connectivity index (χ2v) is 4.06. The number of rotatable bonds is 3. The maximum absolute atomic E-state index is 5.80. The van der Waals surface area contributed by atoms with Crippen molar-refractivity contribution in [1.29, 1.82) is 0 Å². The van der Waals surface area contributed by atoms with Crippen molar-refractivity contribution in [3.63, 3.8) is 0 Å². The summed E-state index contributed by atoms with van der Waals surface area (Å²) in [7, 11) is 0. The first-order valence-corrected chi connectivity index (χ1v) is 5.48. The van der Waals surface area contributed by atoms with Gasteiger partial charge < -0.3 is 10.5 Å². The zero-order valence-electron chi connectivity index (χ0n) is 8.63. The van der Waals surface area contributed by atoms with Gasteiger partial charge in [0.2, 0.25) is 0 Å². The molecule has 0 aliphatic rings. The Balaban J connectivity index is 2.24. The van der Waals surface area contributed by atoms with E-state index >= 15 is 0 Å². The lowest BCUT2D eigenvalue weighted by Crippen LogP contribution is -2.11. The van der Waals surface area contributed by atoms with Gasteiger partial charge in [0.05, 0.1) is 11.2 Å². The molecule has 2 rings (SSSR count). The largest absolute Gasteiger partial charge is 0.456 e. The van der Waals surface area contributed by atoms with Gasteiger partial charge in [-0.05, 0) is 6.07 Å². The molecule has 0 aliphatic carbocycles. The first-order chi connectivity index (χ1) is 8.15. The van der Waals surface area contributed by atoms with Crippen molar-refractivity contribution in [2.75, 3.05) is 0 Å². The Morgan fingerprint density at radius 3 is 2.82 bits per heavy atom. The minimum atomic E-state index is 0.222. The van der Waals surface area contributed by atoms with Crippen LogP contribution in [0.1, 0.15) is 5.69 Å². The Hall–Kier alpha value is -1.72. The number of pyridine rings is 2. The van der Waals surface area contributed by atoms with Gasteiger partial charge in [0, 0.05) is 24.5 Å². The highest BCUT2D eigenvalue weighted by molar-refractivity contribution is 7.80. The Morgan fingerprint density at radius 1 is 1.29 bits per heavy atom. The number of nitrogens with zero attached hydrogens (tertiary/aromatic N) is 2. The molecule has 0 aliphatic heterocycles. The SMILES string of the molecule is NC(=S)c1cc(Oc2cncc(Cl)c2)ccn1. The maximum Gasteiger partial charge on any atom is 0.147 e. The van der Waals surface area contributed by atoms with Crippen LogP contribution in [-0.4, -0.2) is 15.0 Å². The van der Waals surface area contributed by atoms with Crippen molar-refractivity contribution in [2.24, 2.45) is 5.73 Å². The maximum atomic E-state index is 5.80. The van der Waals surface area contributed by atoms with E-state index in [1.807, 2.05) is 0 Å². The number of nitrogens with two attached hydrogens (primary N) is 1. The summed E-state index contributed by atoms with van der Waals surface area (Å²) in [4.78, 5) is 8.15. The van der Waals surface area contributed by atoms with Gasteiger partial charge >= 0.3 is 0 Å². The highest BCUT2D eigenvalue weighted by Gasteiger charge is 2.02. The summed E-state index contributed by atoms with van der Waals surface area (Å²) in [6.45, 7) is 0. The molecule has 17 heavy (non-hydrogen) atoms. The number of thiocarbonyl (C=S) groups is 1. The van der Waals surface area contributed by atoms with Gasteiger partial charge in [0.15, 0.2) is 0 Å². The average molecular weight is 266 g/mol. The van der Waals surface area contributed by atoms with Crippen LogP contribution in [0.2, 0.25) is 5.02 Å². The predicted molar refractivity (Wildman–Crippen MR) is 69.4 cm³/mol. The molecular weight excluding hydrogens is 258 g/mol. The number of ether oxygens (including phenoxy) is 1. The van der Waals surface area contributed by atoms with Crippen molar-refractivity contribution in [3.8, 4) is 11.5 Å². The summed E-state index contributed by atoms with van der Waals surface area (Å²) in [6.07, 6.45) is 4.66. The van der Waals surface area contributed by atoms with Crippen molar-refractivity contribution in [3.05, 3.63) is 47.5 Å². The van der Waals surface area contributed by atoms with Gasteiger partial charge in [0.25, 0.3) is 0 Å². The average Bonchev–Trinajstić information content (AvgIpc) is 2.29. The molecule has 0 radical (unpaired) electrons. The normalized spacial score (nSPS) is 9.94. The van der Waals surface area contributed by atoms with Crippen LogP contribution in [0.5, 0.6) is 11.5 Å². The van der Waals surface area contributed by atoms with Crippen LogP contribution in [0.4, 0.5) is 0 Å². The van der Waals surface area contributed by atoms with Gasteiger partial charge in [-0.3, -0.25) is 9.97 Å². The van der Waals surface area contributed by atoms with Crippen LogP contribution in [0.15, 0.2) is 36.8 Å². The minimum Gasteiger partial charge on any atom is -0.456 e. The van der Waals surface area contributed by atoms with E-state index in [2.05, 4.69) is 9.97 Å².